The Bertz CT molecular complexity index is 2170. The Balaban J connectivity index is 1.09. The van der Waals surface area contributed by atoms with E-state index in [9.17, 15) is 33.6 Å². The van der Waals surface area contributed by atoms with Crippen molar-refractivity contribution in [3.8, 4) is 5.75 Å². The Morgan fingerprint density at radius 3 is 2.63 bits per heavy atom. The zero-order valence-corrected chi connectivity index (χ0v) is 27.6. The Kier molecular flexibility index (Phi) is 9.44. The number of anilines is 1. The molecule has 6 rings (SSSR count). The number of imide groups is 2. The second kappa shape index (κ2) is 14.1. The Morgan fingerprint density at radius 2 is 1.88 bits per heavy atom. The standard InChI is InChI=1S/C34H33N9O8/c1-3-42-24(15-18(2)40-42)31(48)39-34-37-21-16-19(29(35)46)9-10-22(21)41(34)14-5-4-13-36-27(45)17-51-25-8-6-7-20-28(25)33(50)43(32(20)49)23-11-12-26(44)38-30(23)47/h4-10,15-16,23H,3,11-14,17H2,1-2H3,(H2,35,46)(H,36,45)(H,37,39,48)(H,38,44,47)/b5-4+. The number of nitrogens with zero attached hydrogens (tertiary/aromatic N) is 5. The molecule has 0 aliphatic carbocycles. The van der Waals surface area contributed by atoms with Crippen molar-refractivity contribution in [2.24, 2.45) is 5.73 Å². The van der Waals surface area contributed by atoms with Crippen LogP contribution in [0.2, 0.25) is 0 Å². The molecule has 1 fully saturated rings. The number of fused-ring (bicyclic) bond motifs is 2. The van der Waals surface area contributed by atoms with Gasteiger partial charge in [-0.15, -0.1) is 0 Å². The van der Waals surface area contributed by atoms with E-state index in [0.717, 1.165) is 4.90 Å². The molecule has 0 spiro atoms. The number of aromatic nitrogens is 4. The summed E-state index contributed by atoms with van der Waals surface area (Å²) in [5.74, 6) is -3.97. The molecule has 262 valence electrons. The fourth-order valence-electron chi connectivity index (χ4n) is 5.93. The largest absolute Gasteiger partial charge is 0.483 e. The van der Waals surface area contributed by atoms with Crippen LogP contribution in [-0.2, 0) is 27.5 Å². The molecule has 2 aliphatic rings. The first kappa shape index (κ1) is 34.2. The van der Waals surface area contributed by atoms with E-state index < -0.39 is 54.0 Å². The summed E-state index contributed by atoms with van der Waals surface area (Å²) < 4.78 is 8.93. The fraction of sp³-hybridized carbons (Fsp3) is 0.265. The molecule has 7 amide bonds. The first-order valence-corrected chi connectivity index (χ1v) is 16.0. The molecule has 51 heavy (non-hydrogen) atoms. The van der Waals surface area contributed by atoms with Crippen LogP contribution >= 0.6 is 0 Å². The number of allylic oxidation sites excluding steroid dienone is 1. The number of aryl methyl sites for hydroxylation is 2. The number of piperidine rings is 1. The maximum atomic E-state index is 13.3. The lowest BCUT2D eigenvalue weighted by Gasteiger charge is -2.27. The Labute approximate surface area is 289 Å². The summed E-state index contributed by atoms with van der Waals surface area (Å²) in [5, 5.41) is 12.0. The lowest BCUT2D eigenvalue weighted by molar-refractivity contribution is -0.136. The normalized spacial score (nSPS) is 15.7. The van der Waals surface area contributed by atoms with Crippen LogP contribution in [0.5, 0.6) is 5.75 Å². The zero-order chi connectivity index (χ0) is 36.4. The summed E-state index contributed by atoms with van der Waals surface area (Å²) >= 11 is 0. The quantitative estimate of drug-likeness (QED) is 0.122. The third-order valence-corrected chi connectivity index (χ3v) is 8.35. The maximum absolute atomic E-state index is 13.3. The minimum absolute atomic E-state index is 0.00420. The highest BCUT2D eigenvalue weighted by Gasteiger charge is 2.46. The number of ether oxygens (including phenoxy) is 1. The van der Waals surface area contributed by atoms with Crippen LogP contribution in [0.4, 0.5) is 5.95 Å². The summed E-state index contributed by atoms with van der Waals surface area (Å²) in [4.78, 5) is 93.2. The summed E-state index contributed by atoms with van der Waals surface area (Å²) in [6.45, 7) is 4.01. The van der Waals surface area contributed by atoms with Gasteiger partial charge in [0.25, 0.3) is 23.6 Å². The molecule has 4 heterocycles. The van der Waals surface area contributed by atoms with Gasteiger partial charge in [0.05, 0.1) is 27.9 Å². The first-order valence-electron chi connectivity index (χ1n) is 16.0. The van der Waals surface area contributed by atoms with Gasteiger partial charge >= 0.3 is 0 Å². The number of rotatable bonds is 12. The number of nitrogens with one attached hydrogen (secondary N) is 3. The smallest absolute Gasteiger partial charge is 0.276 e. The highest BCUT2D eigenvalue weighted by Crippen LogP contribution is 2.33. The van der Waals surface area contributed by atoms with Crippen LogP contribution in [0.3, 0.4) is 0 Å². The molecule has 17 nitrogen and oxygen atoms in total. The molecule has 2 aromatic heterocycles. The average Bonchev–Trinajstić information content (AvgIpc) is 3.74. The second-order valence-electron chi connectivity index (χ2n) is 11.7. The van der Waals surface area contributed by atoms with Crippen molar-refractivity contribution in [3.05, 3.63) is 82.7 Å². The van der Waals surface area contributed by atoms with E-state index in [0.29, 0.717) is 29.0 Å². The monoisotopic (exact) mass is 695 g/mol. The number of hydrogen-bond acceptors (Lipinski definition) is 10. The second-order valence-corrected chi connectivity index (χ2v) is 11.7. The number of nitrogens with two attached hydrogens (primary N) is 1. The van der Waals surface area contributed by atoms with Gasteiger partial charge in [-0.1, -0.05) is 18.2 Å². The number of carbonyl (C=O) groups is 7. The average molecular weight is 696 g/mol. The summed E-state index contributed by atoms with van der Waals surface area (Å²) in [6.07, 6.45) is 3.43. The molecule has 1 saturated heterocycles. The van der Waals surface area contributed by atoms with Gasteiger partial charge in [0.2, 0.25) is 23.7 Å². The molecule has 0 bridgehead atoms. The topological polar surface area (TPSA) is 230 Å². The number of primary amides is 1. The highest BCUT2D eigenvalue weighted by molar-refractivity contribution is 6.24. The van der Waals surface area contributed by atoms with Gasteiger partial charge in [-0.2, -0.15) is 5.10 Å². The van der Waals surface area contributed by atoms with E-state index in [4.69, 9.17) is 10.5 Å². The minimum atomic E-state index is -1.13. The molecule has 2 aromatic carbocycles. The van der Waals surface area contributed by atoms with Crippen molar-refractivity contribution in [2.45, 2.75) is 45.8 Å². The van der Waals surface area contributed by atoms with E-state index in [1.54, 1.807) is 46.5 Å². The number of hydrogen-bond donors (Lipinski definition) is 4. The summed E-state index contributed by atoms with van der Waals surface area (Å²) in [6, 6.07) is 9.68. The van der Waals surface area contributed by atoms with Crippen molar-refractivity contribution in [1.29, 1.82) is 0 Å². The van der Waals surface area contributed by atoms with Crippen LogP contribution in [0.25, 0.3) is 11.0 Å². The van der Waals surface area contributed by atoms with Gasteiger partial charge in [-0.05, 0) is 56.7 Å². The van der Waals surface area contributed by atoms with E-state index in [1.807, 2.05) is 6.92 Å². The van der Waals surface area contributed by atoms with Gasteiger partial charge in [0.1, 0.15) is 17.5 Å². The van der Waals surface area contributed by atoms with Crippen LogP contribution in [0, 0.1) is 6.92 Å². The van der Waals surface area contributed by atoms with Crippen LogP contribution < -0.4 is 26.4 Å². The molecular formula is C34H33N9O8. The van der Waals surface area contributed by atoms with Gasteiger partial charge in [-0.3, -0.25) is 53.8 Å². The number of imidazole rings is 1. The van der Waals surface area contributed by atoms with Crippen LogP contribution in [0.15, 0.2) is 54.6 Å². The number of benzene rings is 2. The summed E-state index contributed by atoms with van der Waals surface area (Å²) in [5.41, 5.74) is 7.78. The summed E-state index contributed by atoms with van der Waals surface area (Å²) in [7, 11) is 0. The molecule has 17 heteroatoms. The molecular weight excluding hydrogens is 662 g/mol. The third kappa shape index (κ3) is 6.81. The van der Waals surface area contributed by atoms with Crippen molar-refractivity contribution < 1.29 is 38.3 Å². The van der Waals surface area contributed by atoms with Crippen LogP contribution in [-0.4, -0.2) is 84.8 Å². The third-order valence-electron chi connectivity index (χ3n) is 8.35. The van der Waals surface area contributed by atoms with Gasteiger partial charge in [0.15, 0.2) is 6.61 Å². The molecule has 1 unspecified atom stereocenters. The molecule has 5 N–H and O–H groups in total. The molecule has 4 aromatic rings. The van der Waals surface area contributed by atoms with E-state index in [1.165, 1.54) is 24.3 Å². The predicted octanol–water partition coefficient (Wildman–Crippen LogP) is 1.06. The first-order chi connectivity index (χ1) is 24.5. The number of amides is 7. The van der Waals surface area contributed by atoms with Crippen molar-refractivity contribution >= 4 is 58.3 Å². The van der Waals surface area contributed by atoms with Gasteiger partial charge in [0, 0.05) is 31.6 Å². The van der Waals surface area contributed by atoms with E-state index in [-0.39, 0.29) is 54.3 Å². The molecule has 2 aliphatic heterocycles. The lowest BCUT2D eigenvalue weighted by atomic mass is 10.0. The molecule has 0 saturated carbocycles. The Morgan fingerprint density at radius 1 is 1.08 bits per heavy atom. The zero-order valence-electron chi connectivity index (χ0n) is 27.6. The minimum Gasteiger partial charge on any atom is -0.483 e. The van der Waals surface area contributed by atoms with Crippen molar-refractivity contribution in [2.75, 3.05) is 18.5 Å². The van der Waals surface area contributed by atoms with Gasteiger partial charge < -0.3 is 20.4 Å². The van der Waals surface area contributed by atoms with E-state index in [2.05, 4.69) is 26.0 Å². The fourth-order valence-corrected chi connectivity index (χ4v) is 5.93. The SMILES string of the molecule is CCn1nc(C)cc1C(=O)Nc1nc2cc(C(N)=O)ccc2n1C/C=C/CNC(=O)COc1cccc2c1C(=O)N(C1CCC(=O)NC1=O)C2=O. The van der Waals surface area contributed by atoms with Crippen molar-refractivity contribution in [3.63, 3.8) is 0 Å². The number of carbonyl (C=O) groups excluding carboxylic acids is 7. The Hall–Kier alpha value is -6.65. The molecule has 0 radical (unpaired) electrons. The lowest BCUT2D eigenvalue weighted by Crippen LogP contribution is -2.54. The predicted molar refractivity (Wildman–Crippen MR) is 180 cm³/mol. The highest BCUT2D eigenvalue weighted by atomic mass is 16.5. The van der Waals surface area contributed by atoms with Gasteiger partial charge in [-0.25, -0.2) is 4.98 Å². The van der Waals surface area contributed by atoms with Crippen LogP contribution in [0.1, 0.15) is 67.0 Å². The molecule has 1 atom stereocenters. The van der Waals surface area contributed by atoms with Crippen molar-refractivity contribution in [1.82, 2.24) is 34.9 Å². The van der Waals surface area contributed by atoms with E-state index >= 15 is 0 Å². The maximum Gasteiger partial charge on any atom is 0.276 e.